The number of benzene rings is 2. The number of hydrogen-bond donors (Lipinski definition) is 2. The van der Waals surface area contributed by atoms with E-state index in [4.69, 9.17) is 0 Å². The van der Waals surface area contributed by atoms with Crippen LogP contribution in [0.3, 0.4) is 0 Å². The van der Waals surface area contributed by atoms with Crippen molar-refractivity contribution in [1.82, 2.24) is 20.4 Å². The maximum atomic E-state index is 13.3. The zero-order valence-corrected chi connectivity index (χ0v) is 20.4. The molecule has 2 N–H and O–H groups in total. The second kappa shape index (κ2) is 12.4. The minimum absolute atomic E-state index is 0.00242. The van der Waals surface area contributed by atoms with Crippen LogP contribution in [-0.2, 0) is 29.0 Å². The molecule has 35 heavy (non-hydrogen) atoms. The number of nitrogens with zero attached hydrogens (tertiary/aromatic N) is 2. The minimum atomic E-state index is -0.501. The zero-order chi connectivity index (χ0) is 24.5. The molecule has 0 spiro atoms. The lowest BCUT2D eigenvalue weighted by Crippen LogP contribution is -2.50. The third-order valence-corrected chi connectivity index (χ3v) is 6.93. The summed E-state index contributed by atoms with van der Waals surface area (Å²) >= 11 is 0. The quantitative estimate of drug-likeness (QED) is 0.711. The predicted molar refractivity (Wildman–Crippen MR) is 136 cm³/mol. The van der Waals surface area contributed by atoms with Gasteiger partial charge in [-0.3, -0.25) is 9.59 Å². The van der Waals surface area contributed by atoms with Crippen LogP contribution in [0, 0.1) is 0 Å². The second-order valence-electron chi connectivity index (χ2n) is 9.45. The molecular weight excluding hydrogens is 440 g/mol. The van der Waals surface area contributed by atoms with Gasteiger partial charge in [0.25, 0.3) is 0 Å². The van der Waals surface area contributed by atoms with Gasteiger partial charge in [-0.2, -0.15) is 0 Å². The lowest BCUT2D eigenvalue weighted by atomic mass is 9.98. The molecule has 0 radical (unpaired) electrons. The first-order chi connectivity index (χ1) is 17.1. The van der Waals surface area contributed by atoms with Gasteiger partial charge in [0.05, 0.1) is 0 Å². The summed E-state index contributed by atoms with van der Waals surface area (Å²) in [7, 11) is 0. The monoisotopic (exact) mass is 476 g/mol. The van der Waals surface area contributed by atoms with Gasteiger partial charge in [0.1, 0.15) is 6.04 Å². The number of fused-ring (bicyclic) bond motifs is 1. The van der Waals surface area contributed by atoms with Crippen molar-refractivity contribution in [2.45, 2.75) is 57.5 Å². The molecule has 7 nitrogen and oxygen atoms in total. The number of carbonyl (C=O) groups excluding carboxylic acids is 3. The summed E-state index contributed by atoms with van der Waals surface area (Å²) in [5, 5.41) is 5.96. The standard InChI is InChI=1S/C28H36N4O3/c33-26-16-20-31(28(35)29-17-14-22-9-3-1-4-10-22)18-8-2-5-13-25(30-26)27(34)32-19-15-23-11-6-7-12-24(23)21-32/h1,3-4,6-7,9-12,25H,2,5,8,13-21H2,(H,29,35)(H,30,33). The van der Waals surface area contributed by atoms with Crippen LogP contribution in [-0.4, -0.2) is 59.9 Å². The molecule has 1 unspecified atom stereocenters. The van der Waals surface area contributed by atoms with E-state index >= 15 is 0 Å². The van der Waals surface area contributed by atoms with Gasteiger partial charge in [-0.25, -0.2) is 4.79 Å². The fraction of sp³-hybridized carbons (Fsp3) is 0.464. The van der Waals surface area contributed by atoms with Crippen LogP contribution in [0.5, 0.6) is 0 Å². The maximum absolute atomic E-state index is 13.3. The Morgan fingerprint density at radius 1 is 0.857 bits per heavy atom. The molecule has 2 aromatic rings. The van der Waals surface area contributed by atoms with Gasteiger partial charge in [-0.1, -0.05) is 67.4 Å². The van der Waals surface area contributed by atoms with Crippen LogP contribution < -0.4 is 10.6 Å². The van der Waals surface area contributed by atoms with Crippen molar-refractivity contribution in [3.05, 3.63) is 71.3 Å². The normalized spacial score (nSPS) is 19.2. The van der Waals surface area contributed by atoms with Crippen molar-refractivity contribution in [3.8, 4) is 0 Å². The molecule has 0 saturated carbocycles. The van der Waals surface area contributed by atoms with Crippen LogP contribution in [0.4, 0.5) is 4.79 Å². The SMILES string of the molecule is O=C1CCN(C(=O)NCCc2ccccc2)CCCCCC(C(=O)N2CCc3ccccc3C2)N1. The van der Waals surface area contributed by atoms with Gasteiger partial charge in [0.15, 0.2) is 0 Å². The Morgan fingerprint density at radius 3 is 2.43 bits per heavy atom. The first kappa shape index (κ1) is 24.8. The average Bonchev–Trinajstić information content (AvgIpc) is 2.93. The largest absolute Gasteiger partial charge is 0.344 e. The molecule has 4 amide bonds. The number of hydrogen-bond acceptors (Lipinski definition) is 3. The van der Waals surface area contributed by atoms with Gasteiger partial charge < -0.3 is 20.4 Å². The Labute approximate surface area is 207 Å². The number of rotatable bonds is 4. The van der Waals surface area contributed by atoms with E-state index in [0.717, 1.165) is 32.1 Å². The lowest BCUT2D eigenvalue weighted by Gasteiger charge is -2.32. The average molecular weight is 477 g/mol. The van der Waals surface area contributed by atoms with E-state index in [1.54, 1.807) is 4.90 Å². The van der Waals surface area contributed by atoms with E-state index in [1.807, 2.05) is 47.4 Å². The summed E-state index contributed by atoms with van der Waals surface area (Å²) in [4.78, 5) is 42.4. The Hall–Kier alpha value is -3.35. The van der Waals surface area contributed by atoms with Gasteiger partial charge in [0.2, 0.25) is 11.8 Å². The molecule has 7 heteroatoms. The fourth-order valence-electron chi connectivity index (χ4n) is 4.88. The van der Waals surface area contributed by atoms with E-state index in [-0.39, 0.29) is 24.3 Å². The van der Waals surface area contributed by atoms with Crippen LogP contribution >= 0.6 is 0 Å². The molecule has 2 aliphatic heterocycles. The molecule has 0 aliphatic carbocycles. The third kappa shape index (κ3) is 7.07. The summed E-state index contributed by atoms with van der Waals surface area (Å²) in [6.45, 7) is 2.80. The molecule has 2 aromatic carbocycles. The van der Waals surface area contributed by atoms with Crippen molar-refractivity contribution >= 4 is 17.8 Å². The fourth-order valence-corrected chi connectivity index (χ4v) is 4.88. The Kier molecular flexibility index (Phi) is 8.76. The highest BCUT2D eigenvalue weighted by molar-refractivity contribution is 5.88. The van der Waals surface area contributed by atoms with E-state index in [1.165, 1.54) is 16.7 Å². The van der Waals surface area contributed by atoms with Gasteiger partial charge in [0, 0.05) is 39.1 Å². The molecule has 1 fully saturated rings. The summed E-state index contributed by atoms with van der Waals surface area (Å²) in [5.74, 6) is -0.174. The molecule has 2 heterocycles. The lowest BCUT2D eigenvalue weighted by molar-refractivity contribution is -0.137. The second-order valence-corrected chi connectivity index (χ2v) is 9.45. The van der Waals surface area contributed by atoms with Crippen LogP contribution in [0.1, 0.15) is 48.8 Å². The summed E-state index contributed by atoms with van der Waals surface area (Å²) < 4.78 is 0. The molecule has 0 aromatic heterocycles. The van der Waals surface area contributed by atoms with Crippen LogP contribution in [0.25, 0.3) is 0 Å². The summed E-state index contributed by atoms with van der Waals surface area (Å²) in [6.07, 6.45) is 5.05. The molecule has 1 saturated heterocycles. The molecule has 2 aliphatic rings. The number of urea groups is 1. The number of nitrogens with one attached hydrogen (secondary N) is 2. The van der Waals surface area contributed by atoms with Gasteiger partial charge in [-0.05, 0) is 42.4 Å². The zero-order valence-electron chi connectivity index (χ0n) is 20.4. The summed E-state index contributed by atoms with van der Waals surface area (Å²) in [6, 6.07) is 17.7. The smallest absolute Gasteiger partial charge is 0.317 e. The van der Waals surface area contributed by atoms with Gasteiger partial charge >= 0.3 is 6.03 Å². The number of carbonyl (C=O) groups is 3. The first-order valence-electron chi connectivity index (χ1n) is 12.8. The van der Waals surface area contributed by atoms with Crippen molar-refractivity contribution in [1.29, 1.82) is 0 Å². The van der Waals surface area contributed by atoms with Gasteiger partial charge in [-0.15, -0.1) is 0 Å². The highest BCUT2D eigenvalue weighted by atomic mass is 16.2. The summed E-state index contributed by atoms with van der Waals surface area (Å²) in [5.41, 5.74) is 3.66. The Balaban J connectivity index is 1.29. The van der Waals surface area contributed by atoms with E-state index < -0.39 is 6.04 Å². The maximum Gasteiger partial charge on any atom is 0.317 e. The Bertz CT molecular complexity index is 1010. The molecular formula is C28H36N4O3. The topological polar surface area (TPSA) is 81.8 Å². The molecule has 1 atom stereocenters. The Morgan fingerprint density at radius 2 is 1.60 bits per heavy atom. The van der Waals surface area contributed by atoms with Crippen molar-refractivity contribution in [2.75, 3.05) is 26.2 Å². The van der Waals surface area contributed by atoms with Crippen molar-refractivity contribution in [3.63, 3.8) is 0 Å². The van der Waals surface area contributed by atoms with Crippen molar-refractivity contribution < 1.29 is 14.4 Å². The van der Waals surface area contributed by atoms with E-state index in [9.17, 15) is 14.4 Å². The van der Waals surface area contributed by atoms with E-state index in [0.29, 0.717) is 39.1 Å². The van der Waals surface area contributed by atoms with Crippen LogP contribution in [0.15, 0.2) is 54.6 Å². The minimum Gasteiger partial charge on any atom is -0.344 e. The van der Waals surface area contributed by atoms with Crippen LogP contribution in [0.2, 0.25) is 0 Å². The van der Waals surface area contributed by atoms with Crippen molar-refractivity contribution in [2.24, 2.45) is 0 Å². The molecule has 186 valence electrons. The molecule has 0 bridgehead atoms. The highest BCUT2D eigenvalue weighted by Crippen LogP contribution is 2.20. The number of amides is 4. The first-order valence-corrected chi connectivity index (χ1v) is 12.8. The third-order valence-electron chi connectivity index (χ3n) is 6.93. The molecule has 4 rings (SSSR count). The predicted octanol–water partition coefficient (Wildman–Crippen LogP) is 3.27. The highest BCUT2D eigenvalue weighted by Gasteiger charge is 2.29. The van der Waals surface area contributed by atoms with E-state index in [2.05, 4.69) is 22.8 Å².